The number of carbonyl (C=O) groups excluding carboxylic acids is 3. The fourth-order valence-corrected chi connectivity index (χ4v) is 8.18. The Kier molecular flexibility index (Phi) is 47.0. The molecule has 2 atom stereocenters. The van der Waals surface area contributed by atoms with Crippen molar-refractivity contribution in [1.29, 1.82) is 0 Å². The molecule has 0 aliphatic heterocycles. The Labute approximate surface area is 402 Å². The first-order valence-electron chi connectivity index (χ1n) is 27.8. The van der Waals surface area contributed by atoms with Gasteiger partial charge in [0.1, 0.15) is 13.2 Å². The van der Waals surface area contributed by atoms with Crippen LogP contribution in [0.4, 0.5) is 0 Å². The standard InChI is InChI=1S/C56H107NO8/c1-6-8-10-12-14-16-18-20-21-22-23-24-25-26-27-28-29-30-31-32-33-34-35-37-38-40-42-44-46-53(58)63-50-52(51-64-56(55(60)61)62-49-48-57(3,4)5)65-54(59)47-45-43-41-39-36-19-17-15-13-11-9-7-2/h15,17,52,56H,6-14,16,18-51H2,1-5H3/b17-15-. The SMILES string of the molecule is CCCCC/C=C\CCCCCCCC(=O)OC(COC(=O)CCCCCCCCCCCCCCCCCCCCCCCCCCCCCC)COC(OCC[N+](C)(C)C)C(=O)[O-]. The minimum absolute atomic E-state index is 0.149. The van der Waals surface area contributed by atoms with Crippen molar-refractivity contribution in [3.05, 3.63) is 12.2 Å². The van der Waals surface area contributed by atoms with Gasteiger partial charge in [-0.2, -0.15) is 0 Å². The van der Waals surface area contributed by atoms with Crippen LogP contribution in [0, 0.1) is 0 Å². The van der Waals surface area contributed by atoms with Gasteiger partial charge in [-0.1, -0.05) is 231 Å². The zero-order valence-corrected chi connectivity index (χ0v) is 43.6. The molecule has 0 N–H and O–H groups in total. The molecule has 0 rings (SSSR count). The van der Waals surface area contributed by atoms with Crippen LogP contribution in [0.2, 0.25) is 0 Å². The molecule has 65 heavy (non-hydrogen) atoms. The van der Waals surface area contributed by atoms with Crippen LogP contribution in [-0.2, 0) is 33.3 Å². The van der Waals surface area contributed by atoms with Crippen molar-refractivity contribution in [2.24, 2.45) is 0 Å². The topological polar surface area (TPSA) is 111 Å². The number of esters is 2. The number of unbranched alkanes of at least 4 members (excludes halogenated alkanes) is 35. The third-order valence-electron chi connectivity index (χ3n) is 12.5. The molecule has 9 nitrogen and oxygen atoms in total. The zero-order valence-electron chi connectivity index (χ0n) is 43.6. The Morgan fingerprint density at radius 2 is 0.785 bits per heavy atom. The van der Waals surface area contributed by atoms with Gasteiger partial charge in [0, 0.05) is 12.8 Å². The van der Waals surface area contributed by atoms with E-state index in [0.29, 0.717) is 23.9 Å². The number of carbonyl (C=O) groups is 3. The van der Waals surface area contributed by atoms with E-state index in [1.807, 2.05) is 21.1 Å². The van der Waals surface area contributed by atoms with Crippen LogP contribution in [0.3, 0.4) is 0 Å². The highest BCUT2D eigenvalue weighted by atomic mass is 16.7. The highest BCUT2D eigenvalue weighted by molar-refractivity contribution is 5.70. The van der Waals surface area contributed by atoms with Crippen molar-refractivity contribution >= 4 is 17.9 Å². The second kappa shape index (κ2) is 48.5. The van der Waals surface area contributed by atoms with Gasteiger partial charge < -0.3 is 33.3 Å². The first kappa shape index (κ1) is 63.0. The second-order valence-electron chi connectivity index (χ2n) is 20.2. The molecule has 0 bridgehead atoms. The van der Waals surface area contributed by atoms with Crippen molar-refractivity contribution in [3.8, 4) is 0 Å². The average Bonchev–Trinajstić information content (AvgIpc) is 3.27. The molecule has 0 aliphatic rings. The fourth-order valence-electron chi connectivity index (χ4n) is 8.18. The fraction of sp³-hybridized carbons (Fsp3) is 0.911. The summed E-state index contributed by atoms with van der Waals surface area (Å²) in [5.41, 5.74) is 0. The third-order valence-corrected chi connectivity index (χ3v) is 12.5. The van der Waals surface area contributed by atoms with Crippen LogP contribution in [0.1, 0.15) is 271 Å². The zero-order chi connectivity index (χ0) is 47.7. The molecule has 384 valence electrons. The van der Waals surface area contributed by atoms with Gasteiger partial charge in [0.05, 0.1) is 40.3 Å². The van der Waals surface area contributed by atoms with Crippen LogP contribution in [0.5, 0.6) is 0 Å². The quantitative estimate of drug-likeness (QED) is 0.0195. The number of rotatable bonds is 52. The summed E-state index contributed by atoms with van der Waals surface area (Å²) in [6.07, 6.45) is 51.3. The maximum Gasteiger partial charge on any atom is 0.306 e. The lowest BCUT2D eigenvalue weighted by atomic mass is 10.0. The van der Waals surface area contributed by atoms with Crippen LogP contribution in [-0.4, -0.2) is 82.3 Å². The minimum Gasteiger partial charge on any atom is -0.545 e. The second-order valence-corrected chi connectivity index (χ2v) is 20.2. The normalized spacial score (nSPS) is 12.8. The van der Waals surface area contributed by atoms with E-state index in [1.54, 1.807) is 0 Å². The van der Waals surface area contributed by atoms with Gasteiger partial charge in [-0.15, -0.1) is 0 Å². The summed E-state index contributed by atoms with van der Waals surface area (Å²) < 4.78 is 22.6. The molecular formula is C56H107NO8. The van der Waals surface area contributed by atoms with Gasteiger partial charge in [0.25, 0.3) is 0 Å². The van der Waals surface area contributed by atoms with Crippen molar-refractivity contribution in [2.75, 3.05) is 47.5 Å². The Morgan fingerprint density at radius 3 is 1.17 bits per heavy atom. The smallest absolute Gasteiger partial charge is 0.306 e. The Balaban J connectivity index is 4.07. The van der Waals surface area contributed by atoms with E-state index in [9.17, 15) is 19.5 Å². The molecule has 0 aromatic heterocycles. The van der Waals surface area contributed by atoms with Crippen molar-refractivity contribution < 1.29 is 42.9 Å². The maximum absolute atomic E-state index is 12.8. The van der Waals surface area contributed by atoms with Crippen molar-refractivity contribution in [2.45, 2.75) is 283 Å². The number of carboxylic acid groups (broad SMARTS) is 1. The summed E-state index contributed by atoms with van der Waals surface area (Å²) in [6, 6.07) is 0. The molecule has 2 unspecified atom stereocenters. The predicted molar refractivity (Wildman–Crippen MR) is 270 cm³/mol. The summed E-state index contributed by atoms with van der Waals surface area (Å²) >= 11 is 0. The number of nitrogens with zero attached hydrogens (tertiary/aromatic N) is 1. The van der Waals surface area contributed by atoms with E-state index in [0.717, 1.165) is 51.4 Å². The number of hydrogen-bond donors (Lipinski definition) is 0. The predicted octanol–water partition coefficient (Wildman–Crippen LogP) is 14.5. The molecule has 0 aromatic rings. The number of ether oxygens (including phenoxy) is 4. The first-order valence-corrected chi connectivity index (χ1v) is 27.8. The largest absolute Gasteiger partial charge is 0.545 e. The number of hydrogen-bond acceptors (Lipinski definition) is 8. The maximum atomic E-state index is 12.8. The third kappa shape index (κ3) is 49.8. The van der Waals surface area contributed by atoms with Gasteiger partial charge in [0.15, 0.2) is 12.4 Å². The van der Waals surface area contributed by atoms with Gasteiger partial charge in [0.2, 0.25) is 0 Å². The van der Waals surface area contributed by atoms with Gasteiger partial charge in [-0.25, -0.2) is 0 Å². The molecular weight excluding hydrogens is 815 g/mol. The molecule has 0 amide bonds. The number of aliphatic carboxylic acids is 1. The monoisotopic (exact) mass is 922 g/mol. The Hall–Kier alpha value is -1.97. The molecule has 0 aromatic carbocycles. The Bertz CT molecular complexity index is 1070. The molecule has 9 heteroatoms. The van der Waals surface area contributed by atoms with Crippen molar-refractivity contribution in [3.63, 3.8) is 0 Å². The summed E-state index contributed by atoms with van der Waals surface area (Å²) in [4.78, 5) is 37.1. The molecule has 0 aliphatic carbocycles. The van der Waals surface area contributed by atoms with Crippen LogP contribution in [0.25, 0.3) is 0 Å². The van der Waals surface area contributed by atoms with E-state index in [1.165, 1.54) is 186 Å². The average molecular weight is 922 g/mol. The van der Waals surface area contributed by atoms with Crippen LogP contribution in [0.15, 0.2) is 12.2 Å². The lowest BCUT2D eigenvalue weighted by Crippen LogP contribution is -2.44. The highest BCUT2D eigenvalue weighted by Gasteiger charge is 2.22. The van der Waals surface area contributed by atoms with Crippen LogP contribution >= 0.6 is 0 Å². The summed E-state index contributed by atoms with van der Waals surface area (Å²) in [5, 5.41) is 11.7. The van der Waals surface area contributed by atoms with Gasteiger partial charge >= 0.3 is 11.9 Å². The number of allylic oxidation sites excluding steroid dienone is 2. The van der Waals surface area contributed by atoms with E-state index in [-0.39, 0.29) is 32.2 Å². The molecule has 0 saturated carbocycles. The van der Waals surface area contributed by atoms with E-state index in [4.69, 9.17) is 18.9 Å². The van der Waals surface area contributed by atoms with E-state index in [2.05, 4.69) is 26.0 Å². The first-order chi connectivity index (χ1) is 31.6. The molecule has 0 radical (unpaired) electrons. The van der Waals surface area contributed by atoms with Crippen molar-refractivity contribution in [1.82, 2.24) is 0 Å². The summed E-state index contributed by atoms with van der Waals surface area (Å²) in [6.45, 7) is 4.75. The lowest BCUT2D eigenvalue weighted by Gasteiger charge is -2.26. The Morgan fingerprint density at radius 1 is 0.446 bits per heavy atom. The van der Waals surface area contributed by atoms with E-state index >= 15 is 0 Å². The van der Waals surface area contributed by atoms with Gasteiger partial charge in [-0.05, 0) is 38.5 Å². The molecule has 0 spiro atoms. The number of quaternary nitrogens is 1. The minimum atomic E-state index is -1.62. The van der Waals surface area contributed by atoms with Crippen LogP contribution < -0.4 is 5.11 Å². The molecule has 0 saturated heterocycles. The summed E-state index contributed by atoms with van der Waals surface area (Å²) in [5.74, 6) is -2.28. The van der Waals surface area contributed by atoms with E-state index < -0.39 is 24.3 Å². The lowest BCUT2D eigenvalue weighted by molar-refractivity contribution is -0.870. The highest BCUT2D eigenvalue weighted by Crippen LogP contribution is 2.17. The molecule has 0 fully saturated rings. The summed E-state index contributed by atoms with van der Waals surface area (Å²) in [7, 11) is 5.92. The molecule has 0 heterocycles. The number of likely N-dealkylation sites (N-methyl/N-ethyl adjacent to an activating group) is 1. The number of carboxylic acids is 1. The van der Waals surface area contributed by atoms with Gasteiger partial charge in [-0.3, -0.25) is 9.59 Å².